The van der Waals surface area contributed by atoms with E-state index in [-0.39, 0.29) is 28.3 Å². The molecule has 0 amide bonds. The summed E-state index contributed by atoms with van der Waals surface area (Å²) in [7, 11) is 1.85. The largest absolute Gasteiger partial charge is 0.477 e. The molecule has 4 rings (SSSR count). The van der Waals surface area contributed by atoms with Gasteiger partial charge in [0, 0.05) is 18.8 Å². The van der Waals surface area contributed by atoms with Crippen molar-refractivity contribution in [3.63, 3.8) is 0 Å². The highest BCUT2D eigenvalue weighted by Gasteiger charge is 2.37. The van der Waals surface area contributed by atoms with Gasteiger partial charge >= 0.3 is 5.97 Å². The van der Waals surface area contributed by atoms with Crippen LogP contribution in [0.15, 0.2) is 22.2 Å². The first-order chi connectivity index (χ1) is 14.8. The quantitative estimate of drug-likeness (QED) is 0.675. The normalized spacial score (nSPS) is 22.8. The smallest absolute Gasteiger partial charge is 0.341 e. The summed E-state index contributed by atoms with van der Waals surface area (Å²) in [6.07, 6.45) is 3.71. The molecule has 2 fully saturated rings. The predicted molar refractivity (Wildman–Crippen MR) is 115 cm³/mol. The van der Waals surface area contributed by atoms with Crippen LogP contribution in [0.5, 0.6) is 0 Å². The fourth-order valence-corrected chi connectivity index (χ4v) is 3.90. The molecular formula is C21H26FN5O4. The van der Waals surface area contributed by atoms with Crippen molar-refractivity contribution in [2.24, 2.45) is 5.16 Å². The number of fused-ring (bicyclic) bond motifs is 1. The molecule has 3 heterocycles. The van der Waals surface area contributed by atoms with Gasteiger partial charge < -0.3 is 24.7 Å². The van der Waals surface area contributed by atoms with Crippen LogP contribution in [-0.2, 0) is 4.84 Å². The van der Waals surface area contributed by atoms with Crippen LogP contribution in [0.1, 0.15) is 49.5 Å². The maximum atomic E-state index is 15.1. The number of halogens is 1. The summed E-state index contributed by atoms with van der Waals surface area (Å²) in [4.78, 5) is 35.7. The number of nitrogens with one attached hydrogen (secondary N) is 1. The van der Waals surface area contributed by atoms with E-state index in [1.807, 2.05) is 20.9 Å². The van der Waals surface area contributed by atoms with E-state index in [4.69, 9.17) is 4.84 Å². The van der Waals surface area contributed by atoms with Crippen LogP contribution >= 0.6 is 0 Å². The number of aromatic carboxylic acids is 1. The van der Waals surface area contributed by atoms with Crippen LogP contribution in [0.2, 0.25) is 0 Å². The van der Waals surface area contributed by atoms with Crippen LogP contribution in [0.3, 0.4) is 0 Å². The van der Waals surface area contributed by atoms with E-state index in [0.717, 1.165) is 24.6 Å². The number of anilines is 1. The molecule has 0 bridgehead atoms. The standard InChI is InChI=1S/C21H26FN5O4/c1-4-31-25-16-11-26(8-7-21(16,2)23-3)19-15(22)9-13-17(28)14(20(29)30)10-27(12-5-6-12)18(13)24-19/h9-10,12,23H,4-8,11H2,1-3H3,(H,29,30)/b25-16+. The maximum absolute atomic E-state index is 15.1. The number of piperidine rings is 1. The summed E-state index contributed by atoms with van der Waals surface area (Å²) in [6, 6.07) is 1.17. The maximum Gasteiger partial charge on any atom is 0.341 e. The lowest BCUT2D eigenvalue weighted by atomic mass is 9.87. The minimum absolute atomic E-state index is 0.0201. The molecule has 1 aliphatic heterocycles. The second-order valence-corrected chi connectivity index (χ2v) is 8.19. The van der Waals surface area contributed by atoms with Crippen molar-refractivity contribution >= 4 is 28.5 Å². The summed E-state index contributed by atoms with van der Waals surface area (Å²) in [5.74, 6) is -1.88. The fourth-order valence-electron chi connectivity index (χ4n) is 3.90. The van der Waals surface area contributed by atoms with E-state index >= 15 is 4.39 Å². The second-order valence-electron chi connectivity index (χ2n) is 8.19. The van der Waals surface area contributed by atoms with Gasteiger partial charge in [0.05, 0.1) is 23.2 Å². The number of carbonyl (C=O) groups is 1. The Morgan fingerprint density at radius 2 is 2.23 bits per heavy atom. The minimum Gasteiger partial charge on any atom is -0.477 e. The summed E-state index contributed by atoms with van der Waals surface area (Å²) in [6.45, 7) is 5.12. The van der Waals surface area contributed by atoms with Crippen molar-refractivity contribution in [3.8, 4) is 0 Å². The van der Waals surface area contributed by atoms with Gasteiger partial charge in [-0.1, -0.05) is 5.16 Å². The summed E-state index contributed by atoms with van der Waals surface area (Å²) in [5, 5.41) is 16.9. The van der Waals surface area contributed by atoms with Crippen molar-refractivity contribution in [1.82, 2.24) is 14.9 Å². The molecule has 1 atom stereocenters. The number of aromatic nitrogens is 2. The third kappa shape index (κ3) is 3.76. The van der Waals surface area contributed by atoms with Gasteiger partial charge in [-0.05, 0) is 46.2 Å². The molecule has 0 spiro atoms. The summed E-state index contributed by atoms with van der Waals surface area (Å²) in [5.41, 5.74) is -0.449. The van der Waals surface area contributed by atoms with Crippen LogP contribution in [-0.4, -0.2) is 58.6 Å². The van der Waals surface area contributed by atoms with E-state index in [9.17, 15) is 14.7 Å². The molecule has 1 unspecified atom stereocenters. The first-order valence-corrected chi connectivity index (χ1v) is 10.4. The highest BCUT2D eigenvalue weighted by molar-refractivity contribution is 5.98. The van der Waals surface area contributed by atoms with Gasteiger partial charge in [0.1, 0.15) is 17.8 Å². The van der Waals surface area contributed by atoms with Crippen LogP contribution in [0.4, 0.5) is 10.2 Å². The van der Waals surface area contributed by atoms with E-state index in [0.29, 0.717) is 31.8 Å². The Bertz CT molecular complexity index is 1130. The summed E-state index contributed by atoms with van der Waals surface area (Å²) < 4.78 is 16.8. The Labute approximate surface area is 178 Å². The zero-order valence-corrected chi connectivity index (χ0v) is 17.8. The Morgan fingerprint density at radius 1 is 1.48 bits per heavy atom. The highest BCUT2D eigenvalue weighted by Crippen LogP contribution is 2.37. The fraction of sp³-hybridized carbons (Fsp3) is 0.524. The number of pyridine rings is 2. The number of carboxylic acid groups (broad SMARTS) is 1. The molecule has 2 aromatic heterocycles. The van der Waals surface area contributed by atoms with Crippen molar-refractivity contribution in [2.75, 3.05) is 31.6 Å². The lowest BCUT2D eigenvalue weighted by Crippen LogP contribution is -2.58. The molecule has 0 radical (unpaired) electrons. The monoisotopic (exact) mass is 431 g/mol. The number of hydrogen-bond donors (Lipinski definition) is 2. The Hall–Kier alpha value is -3.01. The van der Waals surface area contributed by atoms with E-state index < -0.39 is 17.2 Å². The topological polar surface area (TPSA) is 109 Å². The highest BCUT2D eigenvalue weighted by atomic mass is 19.1. The van der Waals surface area contributed by atoms with Gasteiger partial charge in [0.25, 0.3) is 0 Å². The number of oxime groups is 1. The number of rotatable bonds is 6. The Balaban J connectivity index is 1.81. The zero-order chi connectivity index (χ0) is 22.3. The molecule has 1 saturated heterocycles. The van der Waals surface area contributed by atoms with Gasteiger partial charge in [-0.3, -0.25) is 4.79 Å². The molecular weight excluding hydrogens is 405 g/mol. The molecule has 31 heavy (non-hydrogen) atoms. The predicted octanol–water partition coefficient (Wildman–Crippen LogP) is 2.15. The third-order valence-corrected chi connectivity index (χ3v) is 6.12. The van der Waals surface area contributed by atoms with Crippen molar-refractivity contribution in [3.05, 3.63) is 33.9 Å². The Kier molecular flexibility index (Phi) is 5.42. The van der Waals surface area contributed by atoms with Gasteiger partial charge in [-0.2, -0.15) is 0 Å². The number of carboxylic acids is 1. The molecule has 2 N–H and O–H groups in total. The number of nitrogens with zero attached hydrogens (tertiary/aromatic N) is 4. The Morgan fingerprint density at radius 3 is 2.84 bits per heavy atom. The van der Waals surface area contributed by atoms with E-state index in [1.54, 1.807) is 9.47 Å². The molecule has 10 heteroatoms. The van der Waals surface area contributed by atoms with Crippen molar-refractivity contribution < 1.29 is 19.1 Å². The third-order valence-electron chi connectivity index (χ3n) is 6.12. The van der Waals surface area contributed by atoms with Crippen LogP contribution in [0, 0.1) is 5.82 Å². The van der Waals surface area contributed by atoms with E-state index in [1.165, 1.54) is 6.20 Å². The van der Waals surface area contributed by atoms with Gasteiger partial charge in [0.15, 0.2) is 11.6 Å². The van der Waals surface area contributed by atoms with Crippen LogP contribution in [0.25, 0.3) is 11.0 Å². The molecule has 0 aromatic carbocycles. The van der Waals surface area contributed by atoms with Gasteiger partial charge in [-0.15, -0.1) is 0 Å². The molecule has 2 aliphatic rings. The zero-order valence-electron chi connectivity index (χ0n) is 17.8. The molecule has 1 saturated carbocycles. The lowest BCUT2D eigenvalue weighted by molar-refractivity contribution is 0.0695. The van der Waals surface area contributed by atoms with Crippen molar-refractivity contribution in [2.45, 2.75) is 44.7 Å². The molecule has 1 aliphatic carbocycles. The molecule has 166 valence electrons. The summed E-state index contributed by atoms with van der Waals surface area (Å²) >= 11 is 0. The molecule has 2 aromatic rings. The van der Waals surface area contributed by atoms with Gasteiger partial charge in [-0.25, -0.2) is 14.2 Å². The SMILES string of the molecule is CCO/N=C1\CN(c2nc3c(cc2F)c(=O)c(C(=O)O)cn3C2CC2)CCC1(C)NC. The number of hydrogen-bond acceptors (Lipinski definition) is 7. The van der Waals surface area contributed by atoms with Crippen molar-refractivity contribution in [1.29, 1.82) is 0 Å². The van der Waals surface area contributed by atoms with E-state index in [2.05, 4.69) is 15.5 Å². The second kappa shape index (κ2) is 7.92. The average Bonchev–Trinajstić information content (AvgIpc) is 3.58. The molecule has 9 nitrogen and oxygen atoms in total. The average molecular weight is 431 g/mol. The lowest BCUT2D eigenvalue weighted by Gasteiger charge is -2.40. The van der Waals surface area contributed by atoms with Crippen LogP contribution < -0.4 is 15.6 Å². The first-order valence-electron chi connectivity index (χ1n) is 10.4. The minimum atomic E-state index is -1.33. The van der Waals surface area contributed by atoms with Gasteiger partial charge in [0.2, 0.25) is 5.43 Å². The first kappa shape index (κ1) is 21.2.